The lowest BCUT2D eigenvalue weighted by Crippen LogP contribution is -2.39. The van der Waals surface area contributed by atoms with E-state index in [0.29, 0.717) is 11.1 Å². The lowest BCUT2D eigenvalue weighted by molar-refractivity contribution is -0.189. The van der Waals surface area contributed by atoms with Gasteiger partial charge in [0.05, 0.1) is 5.56 Å². The van der Waals surface area contributed by atoms with Crippen LogP contribution in [0.2, 0.25) is 0 Å². The molecule has 0 amide bonds. The summed E-state index contributed by atoms with van der Waals surface area (Å²) >= 11 is 0. The molecule has 0 saturated carbocycles. The van der Waals surface area contributed by atoms with Gasteiger partial charge in [-0.15, -0.1) is 0 Å². The van der Waals surface area contributed by atoms with Crippen LogP contribution in [0.15, 0.2) is 42.5 Å². The SMILES string of the molecule is CCCCc1ccc(-c2cc(F)c3c(c2)C=CC(F)(F)C3(F)F)cc1. The molecule has 0 saturated heterocycles. The molecule has 0 heterocycles. The van der Waals surface area contributed by atoms with E-state index in [0.717, 1.165) is 37.0 Å². The van der Waals surface area contributed by atoms with Crippen LogP contribution in [0.4, 0.5) is 22.0 Å². The van der Waals surface area contributed by atoms with Crippen LogP contribution < -0.4 is 0 Å². The Hall–Kier alpha value is -2.17. The van der Waals surface area contributed by atoms with Gasteiger partial charge in [0.1, 0.15) is 5.82 Å². The summed E-state index contributed by atoms with van der Waals surface area (Å²) in [5.74, 6) is -10.3. The average Bonchev–Trinajstić information content (AvgIpc) is 2.56. The van der Waals surface area contributed by atoms with Crippen molar-refractivity contribution in [3.63, 3.8) is 0 Å². The Balaban J connectivity index is 2.00. The summed E-state index contributed by atoms with van der Waals surface area (Å²) in [4.78, 5) is 0. The maximum Gasteiger partial charge on any atom is 0.342 e. The van der Waals surface area contributed by atoms with Gasteiger partial charge in [-0.2, -0.15) is 17.6 Å². The maximum absolute atomic E-state index is 14.3. The molecule has 0 aliphatic heterocycles. The third-order valence-electron chi connectivity index (χ3n) is 4.43. The summed E-state index contributed by atoms with van der Waals surface area (Å²) in [7, 11) is 0. The second-order valence-electron chi connectivity index (χ2n) is 6.25. The number of benzene rings is 2. The van der Waals surface area contributed by atoms with Crippen LogP contribution in [0.5, 0.6) is 0 Å². The van der Waals surface area contributed by atoms with Crippen LogP contribution in [-0.2, 0) is 12.3 Å². The minimum Gasteiger partial charge on any atom is -0.206 e. The molecule has 0 aromatic heterocycles. The maximum atomic E-state index is 14.3. The molecule has 1 aliphatic rings. The first-order chi connectivity index (χ1) is 11.8. The van der Waals surface area contributed by atoms with E-state index in [4.69, 9.17) is 0 Å². The van der Waals surface area contributed by atoms with Gasteiger partial charge >= 0.3 is 11.8 Å². The van der Waals surface area contributed by atoms with E-state index < -0.39 is 23.2 Å². The fourth-order valence-corrected chi connectivity index (χ4v) is 2.97. The standard InChI is InChI=1S/C20H17F5/c1-2-3-4-13-5-7-14(8-6-13)16-11-15-9-10-19(22,23)20(24,25)18(15)17(21)12-16/h5-12H,2-4H2,1H3. The quantitative estimate of drug-likeness (QED) is 0.545. The second-order valence-corrected chi connectivity index (χ2v) is 6.25. The number of hydrogen-bond donors (Lipinski definition) is 0. The lowest BCUT2D eigenvalue weighted by atomic mass is 9.88. The summed E-state index contributed by atoms with van der Waals surface area (Å²) in [6, 6.07) is 9.58. The molecule has 3 rings (SSSR count). The Morgan fingerprint density at radius 3 is 2.24 bits per heavy atom. The Morgan fingerprint density at radius 2 is 1.60 bits per heavy atom. The molecule has 0 atom stereocenters. The minimum atomic E-state index is -4.57. The molecule has 2 aromatic rings. The number of halogens is 5. The third-order valence-corrected chi connectivity index (χ3v) is 4.43. The largest absolute Gasteiger partial charge is 0.342 e. The van der Waals surface area contributed by atoms with Crippen LogP contribution in [0.25, 0.3) is 17.2 Å². The monoisotopic (exact) mass is 352 g/mol. The van der Waals surface area contributed by atoms with Gasteiger partial charge in [-0.1, -0.05) is 43.7 Å². The first kappa shape index (κ1) is 17.6. The van der Waals surface area contributed by atoms with Crippen molar-refractivity contribution in [2.24, 2.45) is 0 Å². The van der Waals surface area contributed by atoms with Crippen molar-refractivity contribution in [1.82, 2.24) is 0 Å². The molecule has 1 aliphatic carbocycles. The molecule has 132 valence electrons. The minimum absolute atomic E-state index is 0.131. The van der Waals surface area contributed by atoms with E-state index in [9.17, 15) is 22.0 Å². The highest BCUT2D eigenvalue weighted by Crippen LogP contribution is 2.50. The van der Waals surface area contributed by atoms with Crippen molar-refractivity contribution < 1.29 is 22.0 Å². The van der Waals surface area contributed by atoms with E-state index in [1.165, 1.54) is 6.07 Å². The van der Waals surface area contributed by atoms with Gasteiger partial charge in [0.25, 0.3) is 0 Å². The first-order valence-electron chi connectivity index (χ1n) is 8.14. The van der Waals surface area contributed by atoms with E-state index >= 15 is 0 Å². The van der Waals surface area contributed by atoms with Gasteiger partial charge in [-0.05, 0) is 53.3 Å². The van der Waals surface area contributed by atoms with Crippen molar-refractivity contribution in [3.05, 3.63) is 65.0 Å². The summed E-state index contributed by atoms with van der Waals surface area (Å²) in [6.45, 7) is 2.09. The smallest absolute Gasteiger partial charge is 0.206 e. The van der Waals surface area contributed by atoms with E-state index in [1.807, 2.05) is 12.1 Å². The molecule has 0 radical (unpaired) electrons. The van der Waals surface area contributed by atoms with Gasteiger partial charge in [-0.25, -0.2) is 4.39 Å². The normalized spacial score (nSPS) is 17.4. The molecular weight excluding hydrogens is 335 g/mol. The van der Waals surface area contributed by atoms with Crippen LogP contribution in [0, 0.1) is 5.82 Å². The Morgan fingerprint density at radius 1 is 0.920 bits per heavy atom. The highest BCUT2D eigenvalue weighted by molar-refractivity contribution is 5.71. The molecule has 2 aromatic carbocycles. The van der Waals surface area contributed by atoms with E-state index in [2.05, 4.69) is 6.92 Å². The molecule has 0 spiro atoms. The van der Waals surface area contributed by atoms with Gasteiger partial charge in [0.2, 0.25) is 0 Å². The number of rotatable bonds is 4. The van der Waals surface area contributed by atoms with Crippen LogP contribution >= 0.6 is 0 Å². The van der Waals surface area contributed by atoms with Crippen molar-refractivity contribution in [2.75, 3.05) is 0 Å². The van der Waals surface area contributed by atoms with Gasteiger partial charge in [0, 0.05) is 0 Å². The summed E-state index contributed by atoms with van der Waals surface area (Å²) in [5, 5.41) is 0. The topological polar surface area (TPSA) is 0 Å². The predicted octanol–water partition coefficient (Wildman–Crippen LogP) is 6.59. The van der Waals surface area contributed by atoms with Gasteiger partial charge in [0.15, 0.2) is 0 Å². The van der Waals surface area contributed by atoms with Crippen molar-refractivity contribution in [1.29, 1.82) is 0 Å². The number of aryl methyl sites for hydroxylation is 1. The molecular formula is C20H17F5. The van der Waals surface area contributed by atoms with Crippen molar-refractivity contribution in [2.45, 2.75) is 38.0 Å². The summed E-state index contributed by atoms with van der Waals surface area (Å²) < 4.78 is 68.9. The average molecular weight is 352 g/mol. The second kappa shape index (κ2) is 6.28. The Bertz CT molecular complexity index is 804. The first-order valence-corrected chi connectivity index (χ1v) is 8.14. The summed E-state index contributed by atoms with van der Waals surface area (Å²) in [5.41, 5.74) is 0.694. The highest BCUT2D eigenvalue weighted by Gasteiger charge is 2.59. The Kier molecular flexibility index (Phi) is 4.43. The van der Waals surface area contributed by atoms with E-state index in [-0.39, 0.29) is 11.6 Å². The van der Waals surface area contributed by atoms with Crippen LogP contribution in [-0.4, -0.2) is 5.92 Å². The molecule has 5 heteroatoms. The van der Waals surface area contributed by atoms with Crippen LogP contribution in [0.1, 0.15) is 36.5 Å². The molecule has 0 bridgehead atoms. The lowest BCUT2D eigenvalue weighted by Gasteiger charge is -2.29. The zero-order valence-electron chi connectivity index (χ0n) is 13.6. The number of alkyl halides is 4. The van der Waals surface area contributed by atoms with Crippen LogP contribution in [0.3, 0.4) is 0 Å². The van der Waals surface area contributed by atoms with Crippen molar-refractivity contribution in [3.8, 4) is 11.1 Å². The number of hydrogen-bond acceptors (Lipinski definition) is 0. The summed E-state index contributed by atoms with van der Waals surface area (Å²) in [6.07, 6.45) is 4.05. The number of allylic oxidation sites excluding steroid dienone is 1. The molecule has 0 nitrogen and oxygen atoms in total. The fourth-order valence-electron chi connectivity index (χ4n) is 2.97. The Labute approximate surface area is 143 Å². The molecule has 25 heavy (non-hydrogen) atoms. The van der Waals surface area contributed by atoms with E-state index in [1.54, 1.807) is 12.1 Å². The third kappa shape index (κ3) is 3.08. The zero-order valence-corrected chi connectivity index (χ0v) is 13.6. The molecule has 0 N–H and O–H groups in total. The predicted molar refractivity (Wildman–Crippen MR) is 88.3 cm³/mol. The molecule has 0 unspecified atom stereocenters. The fraction of sp³-hybridized carbons (Fsp3) is 0.300. The molecule has 0 fully saturated rings. The van der Waals surface area contributed by atoms with Gasteiger partial charge < -0.3 is 0 Å². The number of unbranched alkanes of at least 4 members (excludes halogenated alkanes) is 1. The number of fused-ring (bicyclic) bond motifs is 1. The van der Waals surface area contributed by atoms with Gasteiger partial charge in [-0.3, -0.25) is 0 Å². The highest BCUT2D eigenvalue weighted by atomic mass is 19.3. The zero-order chi connectivity index (χ0) is 18.2. The van der Waals surface area contributed by atoms with Crippen molar-refractivity contribution >= 4 is 6.08 Å².